The quantitative estimate of drug-likeness (QED) is 0.587. The van der Waals surface area contributed by atoms with E-state index in [1.54, 1.807) is 0 Å². The molecule has 158 valence electrons. The van der Waals surface area contributed by atoms with E-state index in [4.69, 9.17) is 15.5 Å². The zero-order valence-electron chi connectivity index (χ0n) is 18.2. The second kappa shape index (κ2) is 6.90. The monoisotopic (exact) mass is 404 g/mol. The molecule has 0 aromatic carbocycles. The molecule has 8 atom stereocenters. The van der Waals surface area contributed by atoms with E-state index < -0.39 is 0 Å². The second-order valence-corrected chi connectivity index (χ2v) is 12.3. The number of thioether (sulfide) groups is 1. The average molecular weight is 405 g/mol. The Morgan fingerprint density at radius 3 is 2.79 bits per heavy atom. The van der Waals surface area contributed by atoms with Gasteiger partial charge in [-0.3, -0.25) is 0 Å². The summed E-state index contributed by atoms with van der Waals surface area (Å²) in [6.45, 7) is 8.27. The van der Waals surface area contributed by atoms with Gasteiger partial charge in [-0.15, -0.1) is 0 Å². The Kier molecular flexibility index (Phi) is 4.86. The smallest absolute Gasteiger partial charge is 0.179 e. The van der Waals surface area contributed by atoms with Crippen molar-refractivity contribution in [3.63, 3.8) is 0 Å². The third kappa shape index (κ3) is 2.55. The lowest BCUT2D eigenvalue weighted by atomic mass is 9.45. The van der Waals surface area contributed by atoms with Gasteiger partial charge in [0, 0.05) is 12.0 Å². The Hall–Kier alpha value is -0.220. The van der Waals surface area contributed by atoms with Gasteiger partial charge in [0.15, 0.2) is 10.9 Å². The molecule has 0 aromatic heterocycles. The van der Waals surface area contributed by atoms with Crippen LogP contribution in [0.3, 0.4) is 0 Å². The van der Waals surface area contributed by atoms with Crippen molar-refractivity contribution in [2.24, 2.45) is 45.2 Å². The van der Waals surface area contributed by atoms with Gasteiger partial charge < -0.3 is 10.5 Å². The van der Waals surface area contributed by atoms with E-state index in [0.717, 1.165) is 41.9 Å². The first kappa shape index (κ1) is 19.7. The van der Waals surface area contributed by atoms with Crippen LogP contribution in [-0.4, -0.2) is 22.7 Å². The Morgan fingerprint density at radius 2 is 1.96 bits per heavy atom. The summed E-state index contributed by atoms with van der Waals surface area (Å²) < 4.78 is 6.72. The molecule has 0 aromatic rings. The molecule has 4 aliphatic carbocycles. The van der Waals surface area contributed by atoms with Gasteiger partial charge in [0.05, 0.1) is 5.25 Å². The highest BCUT2D eigenvalue weighted by molar-refractivity contribution is 8.14. The zero-order chi connectivity index (χ0) is 19.6. The van der Waals surface area contributed by atoms with Crippen molar-refractivity contribution < 1.29 is 4.74 Å². The van der Waals surface area contributed by atoms with Gasteiger partial charge in [0.25, 0.3) is 0 Å². The molecule has 0 amide bonds. The first-order valence-electron chi connectivity index (χ1n) is 12.1. The predicted molar refractivity (Wildman–Crippen MR) is 118 cm³/mol. The van der Waals surface area contributed by atoms with Gasteiger partial charge in [-0.2, -0.15) is 0 Å². The number of unbranched alkanes of at least 4 members (excludes halogenated alkanes) is 1. The van der Waals surface area contributed by atoms with Crippen LogP contribution >= 0.6 is 11.8 Å². The normalized spacial score (nSPS) is 52.4. The minimum absolute atomic E-state index is 0.165. The van der Waals surface area contributed by atoms with E-state index in [0.29, 0.717) is 10.7 Å². The van der Waals surface area contributed by atoms with Crippen molar-refractivity contribution in [2.75, 3.05) is 6.61 Å². The van der Waals surface area contributed by atoms with Crippen molar-refractivity contribution in [1.29, 1.82) is 0 Å². The van der Waals surface area contributed by atoms with Crippen LogP contribution in [-0.2, 0) is 4.74 Å². The predicted octanol–water partition coefficient (Wildman–Crippen LogP) is 5.97. The van der Waals surface area contributed by atoms with Crippen LogP contribution in [0.15, 0.2) is 4.99 Å². The molecule has 28 heavy (non-hydrogen) atoms. The number of amidine groups is 1. The van der Waals surface area contributed by atoms with Crippen LogP contribution in [0.25, 0.3) is 0 Å². The van der Waals surface area contributed by atoms with Crippen molar-refractivity contribution in [1.82, 2.24) is 0 Å². The lowest BCUT2D eigenvalue weighted by Gasteiger charge is -2.61. The van der Waals surface area contributed by atoms with Crippen molar-refractivity contribution in [3.8, 4) is 0 Å². The lowest BCUT2D eigenvalue weighted by molar-refractivity contribution is -0.168. The van der Waals surface area contributed by atoms with E-state index in [9.17, 15) is 0 Å². The molecular formula is C24H40N2OS. The van der Waals surface area contributed by atoms with Gasteiger partial charge in [-0.1, -0.05) is 51.8 Å². The lowest BCUT2D eigenvalue weighted by Crippen LogP contribution is -2.57. The number of hydrogen-bond donors (Lipinski definition) is 1. The molecule has 0 bridgehead atoms. The molecular weight excluding hydrogens is 364 g/mol. The molecule has 5 unspecified atom stereocenters. The first-order chi connectivity index (χ1) is 13.4. The molecule has 5 aliphatic rings. The van der Waals surface area contributed by atoms with Crippen LogP contribution in [0.4, 0.5) is 0 Å². The van der Waals surface area contributed by atoms with Crippen LogP contribution in [0.2, 0.25) is 0 Å². The van der Waals surface area contributed by atoms with Crippen LogP contribution < -0.4 is 5.73 Å². The number of nitrogens with two attached hydrogens (primary N) is 1. The fourth-order valence-corrected chi connectivity index (χ4v) is 9.91. The molecule has 2 N–H and O–H groups in total. The van der Waals surface area contributed by atoms with E-state index in [1.807, 2.05) is 11.8 Å². The van der Waals surface area contributed by atoms with Crippen molar-refractivity contribution in [3.05, 3.63) is 0 Å². The number of hydrogen-bond acceptors (Lipinski definition) is 4. The second-order valence-electron chi connectivity index (χ2n) is 11.0. The number of fused-ring (bicyclic) bond motifs is 7. The standard InChI is InChI=1S/C24H40N2OS/c1-4-5-14-27-24-20(28-21(25)26-24)15-19-17-10-9-16-8-6-7-12-22(16,2)18(17)11-13-23(19,24)3/h16-20H,4-15H2,1-3H3,(H2,25,26)/t16?,17?,18?,19?,20?,22-,23-,24+/m1/s1. The number of ether oxygens (including phenoxy) is 1. The molecule has 0 spiro atoms. The molecule has 1 aliphatic heterocycles. The Morgan fingerprint density at radius 1 is 1.11 bits per heavy atom. The highest BCUT2D eigenvalue weighted by Gasteiger charge is 2.71. The minimum atomic E-state index is -0.350. The summed E-state index contributed by atoms with van der Waals surface area (Å²) in [5.74, 6) is 3.57. The summed E-state index contributed by atoms with van der Waals surface area (Å²) >= 11 is 1.82. The van der Waals surface area contributed by atoms with Crippen LogP contribution in [0.1, 0.15) is 91.4 Å². The summed E-state index contributed by atoms with van der Waals surface area (Å²) in [6.07, 6.45) is 15.1. The summed E-state index contributed by atoms with van der Waals surface area (Å²) in [7, 11) is 0. The summed E-state index contributed by atoms with van der Waals surface area (Å²) in [5.41, 5.74) is 6.69. The van der Waals surface area contributed by atoms with E-state index in [2.05, 4.69) is 20.8 Å². The summed E-state index contributed by atoms with van der Waals surface area (Å²) in [5, 5.41) is 1.21. The van der Waals surface area contributed by atoms with E-state index in [-0.39, 0.29) is 11.1 Å². The maximum Gasteiger partial charge on any atom is 0.179 e. The van der Waals surface area contributed by atoms with Gasteiger partial charge in [-0.05, 0) is 80.5 Å². The van der Waals surface area contributed by atoms with E-state index in [1.165, 1.54) is 64.2 Å². The fourth-order valence-electron chi connectivity index (χ4n) is 8.58. The van der Waals surface area contributed by atoms with Crippen molar-refractivity contribution in [2.45, 2.75) is 102 Å². The van der Waals surface area contributed by atoms with Crippen LogP contribution in [0.5, 0.6) is 0 Å². The highest BCUT2D eigenvalue weighted by atomic mass is 32.2. The third-order valence-corrected chi connectivity index (χ3v) is 11.2. The van der Waals surface area contributed by atoms with Gasteiger partial charge in [0.1, 0.15) is 0 Å². The zero-order valence-corrected chi connectivity index (χ0v) is 19.0. The molecule has 4 fully saturated rings. The molecule has 4 heteroatoms. The van der Waals surface area contributed by atoms with E-state index >= 15 is 0 Å². The number of aliphatic imine (C=N–C) groups is 1. The largest absolute Gasteiger partial charge is 0.378 e. The van der Waals surface area contributed by atoms with Crippen LogP contribution in [0, 0.1) is 34.5 Å². The maximum atomic E-state index is 6.72. The third-order valence-electron chi connectivity index (χ3n) is 10.1. The van der Waals surface area contributed by atoms with Crippen molar-refractivity contribution >= 4 is 16.9 Å². The highest BCUT2D eigenvalue weighted by Crippen LogP contribution is 2.71. The fraction of sp³-hybridized carbons (Fsp3) is 0.958. The Bertz CT molecular complexity index is 653. The Labute approximate surface area is 176 Å². The number of rotatable bonds is 4. The maximum absolute atomic E-state index is 6.72. The average Bonchev–Trinajstić information content (AvgIpc) is 3.11. The van der Waals surface area contributed by atoms with Gasteiger partial charge in [0.2, 0.25) is 0 Å². The molecule has 3 nitrogen and oxygen atoms in total. The molecule has 4 saturated carbocycles. The molecule has 0 radical (unpaired) electrons. The van der Waals surface area contributed by atoms with Gasteiger partial charge in [-0.25, -0.2) is 4.99 Å². The number of nitrogens with zero attached hydrogens (tertiary/aromatic N) is 1. The first-order valence-corrected chi connectivity index (χ1v) is 13.0. The van der Waals surface area contributed by atoms with Gasteiger partial charge >= 0.3 is 0 Å². The molecule has 1 heterocycles. The summed E-state index contributed by atoms with van der Waals surface area (Å²) in [6, 6.07) is 0. The molecule has 0 saturated heterocycles. The Balaban J connectivity index is 1.46. The minimum Gasteiger partial charge on any atom is -0.378 e. The topological polar surface area (TPSA) is 47.6 Å². The SMILES string of the molecule is CCCCO[C@@]12N=C(N)SC1CC1C3CCC4CCCC[C@@]4(C)C3CC[C@]12C. The summed E-state index contributed by atoms with van der Waals surface area (Å²) in [4.78, 5) is 5.08. The molecule has 5 rings (SSSR count).